The van der Waals surface area contributed by atoms with Crippen LogP contribution < -0.4 is 0 Å². The molecule has 0 saturated carbocycles. The Kier molecular flexibility index (Phi) is 75.6. The molecule has 0 fully saturated rings. The summed E-state index contributed by atoms with van der Waals surface area (Å²) in [5.41, 5.74) is 0. The van der Waals surface area contributed by atoms with Gasteiger partial charge in [-0.25, -0.2) is 9.13 Å². The van der Waals surface area contributed by atoms with Crippen molar-refractivity contribution < 1.29 is 75.8 Å². The number of aliphatic hydroxyl groups is 2. The molecular weight excluding hydrogens is 1360 g/mol. The van der Waals surface area contributed by atoms with Gasteiger partial charge in [-0.1, -0.05) is 314 Å². The second-order valence-electron chi connectivity index (χ2n) is 27.2. The number of esters is 3. The second kappa shape index (κ2) is 79.0. The third kappa shape index (κ3) is 80.3. The van der Waals surface area contributed by atoms with Gasteiger partial charge in [-0.2, -0.15) is 0 Å². The molecule has 602 valence electrons. The first-order chi connectivity index (χ1) is 51.2. The Balaban J connectivity index is 4.53. The smallest absolute Gasteiger partial charge is 0.463 e. The lowest BCUT2D eigenvalue weighted by atomic mass is 10.0. The molecule has 0 aliphatic rings. The fraction of sp³-hybridized carbons (Fsp3) is 0.690. The molecular formula is C87H148O16P2. The standard InChI is InChI=1S/C87H148O16P2/c1-4-7-10-13-16-19-22-25-28-30-32-34-36-37-38-39-40-41-42-43-45-47-48-50-53-55-58-61-64-67-70-73-85(90)97-76-82(88)77-99-104(93,94)100-78-83(89)79-101-105(95,96)102-81-84(103-87(92)75-72-69-66-63-60-57-52-27-24-21-18-15-12-9-6-3)80-98-86(91)74-71-68-65-62-59-56-54-51-49-46-44-35-33-31-29-26-23-20-17-14-11-8-5-2/h7-8,10-11,16-17,19-20,25-29,32-35,37-38,40-41,46,49,52,82-84,88-89H,4-6,9,12-15,18,21-24,30-31,36,39,42-45,47-48,50-51,53-81H2,1-3H3,(H,93,94)(H,95,96)/b10-7-,11-8-,19-16-,20-17-,28-25-,29-26-,34-32-,35-33-,38-37-,41-40-,49-46-,52-27-. The van der Waals surface area contributed by atoms with E-state index in [1.54, 1.807) is 0 Å². The molecule has 0 aromatic heterocycles. The van der Waals surface area contributed by atoms with Gasteiger partial charge in [0, 0.05) is 19.3 Å². The Hall–Kier alpha value is -4.57. The molecule has 5 unspecified atom stereocenters. The number of allylic oxidation sites excluding steroid dienone is 24. The summed E-state index contributed by atoms with van der Waals surface area (Å²) in [6.45, 7) is 2.44. The fourth-order valence-corrected chi connectivity index (χ4v) is 12.4. The minimum Gasteiger partial charge on any atom is -0.463 e. The Morgan fingerprint density at radius 2 is 0.505 bits per heavy atom. The number of carbonyl (C=O) groups is 3. The van der Waals surface area contributed by atoms with E-state index in [0.717, 1.165) is 180 Å². The van der Waals surface area contributed by atoms with E-state index in [1.807, 2.05) is 0 Å². The molecule has 0 radical (unpaired) electrons. The summed E-state index contributed by atoms with van der Waals surface area (Å²) in [5.74, 6) is -1.60. The third-order valence-electron chi connectivity index (χ3n) is 17.0. The first kappa shape index (κ1) is 100. The number of aliphatic hydroxyl groups excluding tert-OH is 2. The van der Waals surface area contributed by atoms with Crippen molar-refractivity contribution in [1.82, 2.24) is 0 Å². The van der Waals surface area contributed by atoms with Crippen molar-refractivity contribution in [3.05, 3.63) is 146 Å². The second-order valence-corrected chi connectivity index (χ2v) is 30.1. The van der Waals surface area contributed by atoms with E-state index in [-0.39, 0.29) is 19.3 Å². The van der Waals surface area contributed by atoms with Gasteiger partial charge in [0.25, 0.3) is 0 Å². The van der Waals surface area contributed by atoms with Crippen LogP contribution in [0.5, 0.6) is 0 Å². The summed E-state index contributed by atoms with van der Waals surface area (Å²) in [6.07, 6.45) is 97.5. The largest absolute Gasteiger partial charge is 0.472 e. The lowest BCUT2D eigenvalue weighted by Crippen LogP contribution is -2.30. The van der Waals surface area contributed by atoms with Crippen LogP contribution in [-0.2, 0) is 55.8 Å². The SMILES string of the molecule is CC/C=C\C/C=C\C/C=C\C/C=C\C/C=C\C/C=C\CCCCCCCCCCCCCCC(=O)OCC(O)COP(=O)(O)OCC(O)COP(=O)(O)OCC(COC(=O)CCCCCCCCC/C=C\C/C=C\C/C=C\C/C=C\C/C=C\CC)OC(=O)CCCCCCC/C=C\CCCCCCCC. The van der Waals surface area contributed by atoms with Crippen LogP contribution in [0, 0.1) is 0 Å². The Morgan fingerprint density at radius 1 is 0.276 bits per heavy atom. The zero-order valence-corrected chi connectivity index (χ0v) is 67.6. The number of hydrogen-bond donors (Lipinski definition) is 4. The van der Waals surface area contributed by atoms with Gasteiger partial charge in [0.05, 0.1) is 26.4 Å². The van der Waals surface area contributed by atoms with E-state index in [4.69, 9.17) is 32.3 Å². The van der Waals surface area contributed by atoms with Gasteiger partial charge in [0.1, 0.15) is 25.4 Å². The average Bonchev–Trinajstić information content (AvgIpc) is 0.965. The molecule has 0 saturated heterocycles. The minimum atomic E-state index is -4.94. The van der Waals surface area contributed by atoms with E-state index in [0.29, 0.717) is 19.3 Å². The monoisotopic (exact) mass is 1510 g/mol. The highest BCUT2D eigenvalue weighted by Gasteiger charge is 2.29. The number of carbonyl (C=O) groups excluding carboxylic acids is 3. The van der Waals surface area contributed by atoms with E-state index in [1.165, 1.54) is 89.9 Å². The van der Waals surface area contributed by atoms with Crippen molar-refractivity contribution in [3.8, 4) is 0 Å². The predicted octanol–water partition coefficient (Wildman–Crippen LogP) is 24.4. The molecule has 0 heterocycles. The van der Waals surface area contributed by atoms with Gasteiger partial charge in [-0.15, -0.1) is 0 Å². The third-order valence-corrected chi connectivity index (χ3v) is 18.9. The maximum atomic E-state index is 13.0. The Bertz CT molecular complexity index is 2490. The predicted molar refractivity (Wildman–Crippen MR) is 436 cm³/mol. The highest BCUT2D eigenvalue weighted by atomic mass is 31.2. The van der Waals surface area contributed by atoms with E-state index < -0.39 is 91.5 Å². The van der Waals surface area contributed by atoms with Crippen molar-refractivity contribution in [2.24, 2.45) is 0 Å². The van der Waals surface area contributed by atoms with Gasteiger partial charge < -0.3 is 34.2 Å². The molecule has 0 aliphatic carbocycles. The van der Waals surface area contributed by atoms with Crippen molar-refractivity contribution >= 4 is 33.6 Å². The molecule has 18 heteroatoms. The van der Waals surface area contributed by atoms with Crippen molar-refractivity contribution in [2.75, 3.05) is 39.6 Å². The van der Waals surface area contributed by atoms with Gasteiger partial charge >= 0.3 is 33.6 Å². The summed E-state index contributed by atoms with van der Waals surface area (Å²) in [6, 6.07) is 0. The molecule has 0 aromatic rings. The summed E-state index contributed by atoms with van der Waals surface area (Å²) in [7, 11) is -9.80. The minimum absolute atomic E-state index is 0.0898. The summed E-state index contributed by atoms with van der Waals surface area (Å²) in [5, 5.41) is 20.7. The van der Waals surface area contributed by atoms with Gasteiger partial charge in [0.2, 0.25) is 0 Å². The number of phosphoric ester groups is 2. The van der Waals surface area contributed by atoms with E-state index in [9.17, 15) is 43.5 Å². The van der Waals surface area contributed by atoms with Crippen LogP contribution in [0.4, 0.5) is 0 Å². The van der Waals surface area contributed by atoms with Crippen molar-refractivity contribution in [3.63, 3.8) is 0 Å². The molecule has 105 heavy (non-hydrogen) atoms. The molecule has 0 aliphatic heterocycles. The van der Waals surface area contributed by atoms with E-state index in [2.05, 4.69) is 167 Å². The van der Waals surface area contributed by atoms with Crippen molar-refractivity contribution in [1.29, 1.82) is 0 Å². The topological polar surface area (TPSA) is 231 Å². The Morgan fingerprint density at radius 3 is 0.810 bits per heavy atom. The summed E-state index contributed by atoms with van der Waals surface area (Å²) >= 11 is 0. The first-order valence-electron chi connectivity index (χ1n) is 41.1. The molecule has 4 N–H and O–H groups in total. The summed E-state index contributed by atoms with van der Waals surface area (Å²) < 4.78 is 61.2. The van der Waals surface area contributed by atoms with Crippen LogP contribution in [0.1, 0.15) is 329 Å². The van der Waals surface area contributed by atoms with Gasteiger partial charge in [0.15, 0.2) is 6.10 Å². The highest BCUT2D eigenvalue weighted by Crippen LogP contribution is 2.45. The molecule has 16 nitrogen and oxygen atoms in total. The fourth-order valence-electron chi connectivity index (χ4n) is 10.8. The molecule has 5 atom stereocenters. The molecule has 0 amide bonds. The van der Waals surface area contributed by atoms with Crippen LogP contribution >= 0.6 is 15.6 Å². The quantitative estimate of drug-likeness (QED) is 0.0146. The maximum absolute atomic E-state index is 13.0. The van der Waals surface area contributed by atoms with Gasteiger partial charge in [-0.3, -0.25) is 32.5 Å². The number of ether oxygens (including phenoxy) is 3. The first-order valence-corrected chi connectivity index (χ1v) is 44.1. The Labute approximate surface area is 638 Å². The molecule has 0 rings (SSSR count). The van der Waals surface area contributed by atoms with Gasteiger partial charge in [-0.05, 0) is 141 Å². The number of rotatable bonds is 77. The highest BCUT2D eigenvalue weighted by molar-refractivity contribution is 7.47. The zero-order valence-electron chi connectivity index (χ0n) is 65.9. The summed E-state index contributed by atoms with van der Waals surface area (Å²) in [4.78, 5) is 58.7. The van der Waals surface area contributed by atoms with Crippen LogP contribution in [0.2, 0.25) is 0 Å². The van der Waals surface area contributed by atoms with E-state index >= 15 is 0 Å². The lowest BCUT2D eigenvalue weighted by Gasteiger charge is -2.21. The number of phosphoric acid groups is 2. The zero-order chi connectivity index (χ0) is 76.6. The average molecular weight is 1510 g/mol. The number of hydrogen-bond acceptors (Lipinski definition) is 14. The lowest BCUT2D eigenvalue weighted by molar-refractivity contribution is -0.161. The van der Waals surface area contributed by atoms with Crippen LogP contribution in [0.3, 0.4) is 0 Å². The molecule has 0 bridgehead atoms. The van der Waals surface area contributed by atoms with Crippen LogP contribution in [0.15, 0.2) is 146 Å². The van der Waals surface area contributed by atoms with Crippen LogP contribution in [-0.4, -0.2) is 95.9 Å². The normalized spacial score (nSPS) is 14.7. The van der Waals surface area contributed by atoms with Crippen LogP contribution in [0.25, 0.3) is 0 Å². The molecule has 0 aromatic carbocycles. The van der Waals surface area contributed by atoms with Crippen molar-refractivity contribution in [2.45, 2.75) is 347 Å². The molecule has 0 spiro atoms. The number of unbranched alkanes of at least 4 members (excludes halogenated alkanes) is 30. The maximum Gasteiger partial charge on any atom is 0.472 e.